The van der Waals surface area contributed by atoms with E-state index >= 15 is 0 Å². The van der Waals surface area contributed by atoms with Crippen molar-refractivity contribution in [3.8, 4) is 5.75 Å². The number of para-hydroxylation sites is 1. The Morgan fingerprint density at radius 1 is 1.12 bits per heavy atom. The molecule has 1 atom stereocenters. The van der Waals surface area contributed by atoms with Crippen LogP contribution in [0.1, 0.15) is 68.4 Å². The highest BCUT2D eigenvalue weighted by atomic mass is 32.2. The first kappa shape index (κ1) is 24.2. The molecule has 1 aliphatic rings. The van der Waals surface area contributed by atoms with Crippen LogP contribution in [0.25, 0.3) is 0 Å². The van der Waals surface area contributed by atoms with Gasteiger partial charge in [-0.25, -0.2) is 0 Å². The lowest BCUT2D eigenvalue weighted by Gasteiger charge is -2.27. The SMILES string of the molecule is CCCCCCCCC(=O)Nc1ccccc1[C@H]1SCC(=O)N1c1cc(C)ccc1OC. The van der Waals surface area contributed by atoms with Crippen molar-refractivity contribution in [1.29, 1.82) is 0 Å². The van der Waals surface area contributed by atoms with Gasteiger partial charge in [0.2, 0.25) is 11.8 Å². The summed E-state index contributed by atoms with van der Waals surface area (Å²) in [5, 5.41) is 2.88. The van der Waals surface area contributed by atoms with Crippen LogP contribution < -0.4 is 15.0 Å². The molecular formula is C26H34N2O3S. The summed E-state index contributed by atoms with van der Waals surface area (Å²) in [5.41, 5.74) is 3.53. The van der Waals surface area contributed by atoms with Crippen molar-refractivity contribution in [3.05, 3.63) is 53.6 Å². The van der Waals surface area contributed by atoms with Gasteiger partial charge in [0.25, 0.3) is 0 Å². The van der Waals surface area contributed by atoms with Crippen LogP contribution in [0.3, 0.4) is 0 Å². The van der Waals surface area contributed by atoms with E-state index < -0.39 is 0 Å². The topological polar surface area (TPSA) is 58.6 Å². The van der Waals surface area contributed by atoms with E-state index in [1.807, 2.05) is 49.4 Å². The van der Waals surface area contributed by atoms with Crippen molar-refractivity contribution in [2.24, 2.45) is 0 Å². The Hall–Kier alpha value is -2.47. The van der Waals surface area contributed by atoms with Crippen molar-refractivity contribution in [1.82, 2.24) is 0 Å². The van der Waals surface area contributed by atoms with E-state index in [0.717, 1.165) is 35.3 Å². The zero-order chi connectivity index (χ0) is 22.9. The summed E-state index contributed by atoms with van der Waals surface area (Å²) in [6, 6.07) is 13.6. The number of rotatable bonds is 11. The number of amides is 2. The molecule has 172 valence electrons. The number of ether oxygens (including phenoxy) is 1. The maximum absolute atomic E-state index is 12.9. The monoisotopic (exact) mass is 454 g/mol. The second kappa shape index (κ2) is 12.0. The van der Waals surface area contributed by atoms with E-state index in [2.05, 4.69) is 12.2 Å². The molecule has 32 heavy (non-hydrogen) atoms. The van der Waals surface area contributed by atoms with E-state index in [1.165, 1.54) is 25.7 Å². The fourth-order valence-electron chi connectivity index (χ4n) is 4.01. The van der Waals surface area contributed by atoms with Crippen molar-refractivity contribution in [2.75, 3.05) is 23.1 Å². The first-order chi connectivity index (χ1) is 15.5. The Kier molecular flexibility index (Phi) is 9.03. The smallest absolute Gasteiger partial charge is 0.238 e. The number of carbonyl (C=O) groups excluding carboxylic acids is 2. The van der Waals surface area contributed by atoms with Crippen LogP contribution in [-0.2, 0) is 9.59 Å². The molecule has 2 aromatic rings. The highest BCUT2D eigenvalue weighted by Crippen LogP contribution is 2.46. The van der Waals surface area contributed by atoms with Gasteiger partial charge in [0.05, 0.1) is 18.6 Å². The lowest BCUT2D eigenvalue weighted by atomic mass is 10.1. The van der Waals surface area contributed by atoms with Crippen LogP contribution in [0.5, 0.6) is 5.75 Å². The van der Waals surface area contributed by atoms with Gasteiger partial charge in [0.15, 0.2) is 0 Å². The third kappa shape index (κ3) is 6.06. The Morgan fingerprint density at radius 2 is 1.88 bits per heavy atom. The van der Waals surface area contributed by atoms with Crippen LogP contribution in [0.15, 0.2) is 42.5 Å². The zero-order valence-corrected chi connectivity index (χ0v) is 20.2. The molecule has 6 heteroatoms. The zero-order valence-electron chi connectivity index (χ0n) is 19.4. The molecule has 3 rings (SSSR count). The number of methoxy groups -OCH3 is 1. The first-order valence-electron chi connectivity index (χ1n) is 11.5. The Morgan fingerprint density at radius 3 is 2.66 bits per heavy atom. The lowest BCUT2D eigenvalue weighted by molar-refractivity contribution is -0.116. The largest absolute Gasteiger partial charge is 0.495 e. The van der Waals surface area contributed by atoms with Gasteiger partial charge in [-0.1, -0.05) is 63.3 Å². The van der Waals surface area contributed by atoms with Crippen LogP contribution in [0.2, 0.25) is 0 Å². The van der Waals surface area contributed by atoms with Crippen molar-refractivity contribution in [3.63, 3.8) is 0 Å². The first-order valence-corrected chi connectivity index (χ1v) is 12.6. The fourth-order valence-corrected chi connectivity index (χ4v) is 5.21. The predicted molar refractivity (Wildman–Crippen MR) is 133 cm³/mol. The number of nitrogens with zero attached hydrogens (tertiary/aromatic N) is 1. The summed E-state index contributed by atoms with van der Waals surface area (Å²) < 4.78 is 5.55. The second-order valence-corrected chi connectivity index (χ2v) is 9.32. The molecule has 0 aliphatic carbocycles. The van der Waals surface area contributed by atoms with Gasteiger partial charge in [-0.05, 0) is 37.1 Å². The Labute approximate surface area is 195 Å². The van der Waals surface area contributed by atoms with Gasteiger partial charge in [0, 0.05) is 17.7 Å². The molecule has 1 aliphatic heterocycles. The summed E-state index contributed by atoms with van der Waals surface area (Å²) in [6.07, 6.45) is 7.43. The van der Waals surface area contributed by atoms with Gasteiger partial charge in [-0.3, -0.25) is 14.5 Å². The van der Waals surface area contributed by atoms with Crippen LogP contribution in [-0.4, -0.2) is 24.7 Å². The van der Waals surface area contributed by atoms with Crippen molar-refractivity contribution in [2.45, 2.75) is 64.2 Å². The number of benzene rings is 2. The molecule has 0 spiro atoms. The molecule has 1 fully saturated rings. The van der Waals surface area contributed by atoms with Gasteiger partial charge in [0.1, 0.15) is 11.1 Å². The third-order valence-electron chi connectivity index (χ3n) is 5.72. The fraction of sp³-hybridized carbons (Fsp3) is 0.462. The number of hydrogen-bond donors (Lipinski definition) is 1. The van der Waals surface area contributed by atoms with Gasteiger partial charge in [-0.15, -0.1) is 11.8 Å². The Bertz CT molecular complexity index is 931. The molecule has 0 aromatic heterocycles. The molecule has 2 amide bonds. The van der Waals surface area contributed by atoms with Crippen LogP contribution in [0, 0.1) is 6.92 Å². The summed E-state index contributed by atoms with van der Waals surface area (Å²) in [6.45, 7) is 4.21. The molecule has 0 radical (unpaired) electrons. The average molecular weight is 455 g/mol. The maximum atomic E-state index is 12.9. The number of hydrogen-bond acceptors (Lipinski definition) is 4. The molecule has 0 saturated carbocycles. The second-order valence-electron chi connectivity index (χ2n) is 8.26. The van der Waals surface area contributed by atoms with Gasteiger partial charge >= 0.3 is 0 Å². The lowest BCUT2D eigenvalue weighted by Crippen LogP contribution is -2.29. The number of nitrogens with one attached hydrogen (secondary N) is 1. The van der Waals surface area contributed by atoms with Crippen LogP contribution >= 0.6 is 11.8 Å². The summed E-state index contributed by atoms with van der Waals surface area (Å²) in [4.78, 5) is 27.3. The minimum Gasteiger partial charge on any atom is -0.495 e. The van der Waals surface area contributed by atoms with Gasteiger partial charge < -0.3 is 10.1 Å². The average Bonchev–Trinajstić information content (AvgIpc) is 3.17. The minimum atomic E-state index is -0.219. The van der Waals surface area contributed by atoms with E-state index in [9.17, 15) is 9.59 Å². The number of anilines is 2. The van der Waals surface area contributed by atoms with E-state index in [0.29, 0.717) is 17.9 Å². The number of unbranched alkanes of at least 4 members (excludes halogenated alkanes) is 5. The summed E-state index contributed by atoms with van der Waals surface area (Å²) in [5.74, 6) is 1.13. The highest BCUT2D eigenvalue weighted by Gasteiger charge is 2.37. The quantitative estimate of drug-likeness (QED) is 0.395. The maximum Gasteiger partial charge on any atom is 0.238 e. The number of aryl methyl sites for hydroxylation is 1. The summed E-state index contributed by atoms with van der Waals surface area (Å²) >= 11 is 1.57. The molecule has 1 N–H and O–H groups in total. The molecule has 5 nitrogen and oxygen atoms in total. The molecular weight excluding hydrogens is 420 g/mol. The molecule has 0 bridgehead atoms. The molecule has 1 heterocycles. The van der Waals surface area contributed by atoms with E-state index in [4.69, 9.17) is 4.74 Å². The molecule has 2 aromatic carbocycles. The van der Waals surface area contributed by atoms with Crippen molar-refractivity contribution < 1.29 is 14.3 Å². The third-order valence-corrected chi connectivity index (χ3v) is 6.91. The highest BCUT2D eigenvalue weighted by molar-refractivity contribution is 8.00. The number of thioether (sulfide) groups is 1. The van der Waals surface area contributed by atoms with E-state index in [1.54, 1.807) is 23.8 Å². The normalized spacial score (nSPS) is 15.8. The van der Waals surface area contributed by atoms with Crippen molar-refractivity contribution >= 4 is 35.0 Å². The predicted octanol–water partition coefficient (Wildman–Crippen LogP) is 6.47. The van der Waals surface area contributed by atoms with Gasteiger partial charge in [-0.2, -0.15) is 0 Å². The Balaban J connectivity index is 1.75. The molecule has 1 saturated heterocycles. The van der Waals surface area contributed by atoms with Crippen LogP contribution in [0.4, 0.5) is 11.4 Å². The standard InChI is InChI=1S/C26H34N2O3S/c1-4-5-6-7-8-9-14-24(29)27-21-13-11-10-12-20(21)26-28(25(30)18-32-26)22-17-19(2)15-16-23(22)31-3/h10-13,15-17,26H,4-9,14,18H2,1-3H3,(H,27,29)/t26-/m1/s1. The molecule has 0 unspecified atom stereocenters. The van der Waals surface area contributed by atoms with E-state index in [-0.39, 0.29) is 17.2 Å². The number of carbonyl (C=O) groups is 2. The summed E-state index contributed by atoms with van der Waals surface area (Å²) in [7, 11) is 1.62. The minimum absolute atomic E-state index is 0.0296.